The second-order valence-corrected chi connectivity index (χ2v) is 8.26. The predicted molar refractivity (Wildman–Crippen MR) is 115 cm³/mol. The van der Waals surface area contributed by atoms with Crippen LogP contribution in [0.25, 0.3) is 0 Å². The Morgan fingerprint density at radius 1 is 1.13 bits per heavy atom. The molecule has 0 bridgehead atoms. The van der Waals surface area contributed by atoms with E-state index in [2.05, 4.69) is 9.80 Å². The van der Waals surface area contributed by atoms with E-state index in [1.807, 2.05) is 24.3 Å². The number of epoxide rings is 2. The Bertz CT molecular complexity index is 688. The summed E-state index contributed by atoms with van der Waals surface area (Å²) < 4.78 is 21.6. The Labute approximate surface area is 183 Å². The third-order valence-corrected chi connectivity index (χ3v) is 5.66. The van der Waals surface area contributed by atoms with Crippen LogP contribution >= 0.6 is 0 Å². The summed E-state index contributed by atoms with van der Waals surface area (Å²) in [6, 6.07) is 7.96. The number of aliphatic hydroxyl groups excluding tert-OH is 1. The number of ether oxygens (including phenoxy) is 4. The number of anilines is 1. The number of hydrogen-bond acceptors (Lipinski definition) is 8. The molecular formula is C22H33N3O6. The Hall–Kier alpha value is -2.07. The average Bonchev–Trinajstić information content (AvgIpc) is 3.70. The molecule has 3 fully saturated rings. The SMILES string of the molecule is CCOC(=O)N1CCN(CC(O)COc2ccc(N(CC3CO3)C[C@@H]3CO3)cc2)CC1. The summed E-state index contributed by atoms with van der Waals surface area (Å²) in [5.41, 5.74) is 1.12. The zero-order chi connectivity index (χ0) is 21.6. The zero-order valence-electron chi connectivity index (χ0n) is 18.1. The van der Waals surface area contributed by atoms with Gasteiger partial charge in [-0.05, 0) is 31.2 Å². The van der Waals surface area contributed by atoms with Crippen LogP contribution in [0.3, 0.4) is 0 Å². The first-order valence-electron chi connectivity index (χ1n) is 11.1. The van der Waals surface area contributed by atoms with E-state index in [-0.39, 0.29) is 12.7 Å². The van der Waals surface area contributed by atoms with Crippen molar-refractivity contribution < 1.29 is 28.8 Å². The summed E-state index contributed by atoms with van der Waals surface area (Å²) >= 11 is 0. The van der Waals surface area contributed by atoms with Gasteiger partial charge < -0.3 is 33.9 Å². The highest BCUT2D eigenvalue weighted by atomic mass is 16.6. The van der Waals surface area contributed by atoms with Crippen molar-refractivity contribution in [2.24, 2.45) is 0 Å². The Balaban J connectivity index is 1.18. The average molecular weight is 436 g/mol. The van der Waals surface area contributed by atoms with Gasteiger partial charge in [0.15, 0.2) is 0 Å². The molecule has 9 nitrogen and oxygen atoms in total. The molecule has 0 aromatic heterocycles. The monoisotopic (exact) mass is 435 g/mol. The van der Waals surface area contributed by atoms with Crippen molar-refractivity contribution >= 4 is 11.8 Å². The van der Waals surface area contributed by atoms with Crippen molar-refractivity contribution in [1.29, 1.82) is 0 Å². The first kappa shape index (κ1) is 22.1. The van der Waals surface area contributed by atoms with Gasteiger partial charge in [0, 0.05) is 51.5 Å². The first-order valence-corrected chi connectivity index (χ1v) is 11.1. The van der Waals surface area contributed by atoms with Crippen LogP contribution in [0, 0.1) is 0 Å². The Kier molecular flexibility index (Phi) is 7.49. The van der Waals surface area contributed by atoms with Crippen molar-refractivity contribution in [3.8, 4) is 5.75 Å². The molecule has 1 aromatic carbocycles. The van der Waals surface area contributed by atoms with E-state index in [0.29, 0.717) is 38.4 Å². The lowest BCUT2D eigenvalue weighted by Gasteiger charge is -2.34. The van der Waals surface area contributed by atoms with E-state index in [4.69, 9.17) is 18.9 Å². The summed E-state index contributed by atoms with van der Waals surface area (Å²) in [7, 11) is 0. The minimum atomic E-state index is -0.593. The number of hydrogen-bond donors (Lipinski definition) is 1. The van der Waals surface area contributed by atoms with Gasteiger partial charge in [-0.15, -0.1) is 0 Å². The summed E-state index contributed by atoms with van der Waals surface area (Å²) in [4.78, 5) is 17.9. The Morgan fingerprint density at radius 2 is 1.74 bits per heavy atom. The first-order chi connectivity index (χ1) is 15.1. The van der Waals surface area contributed by atoms with Crippen LogP contribution in [0.15, 0.2) is 24.3 Å². The van der Waals surface area contributed by atoms with Crippen LogP contribution in [-0.2, 0) is 14.2 Å². The minimum absolute atomic E-state index is 0.229. The van der Waals surface area contributed by atoms with Gasteiger partial charge in [-0.2, -0.15) is 0 Å². The van der Waals surface area contributed by atoms with Crippen LogP contribution in [-0.4, -0.2) is 112 Å². The molecular weight excluding hydrogens is 402 g/mol. The summed E-state index contributed by atoms with van der Waals surface area (Å²) in [6.45, 7) is 9.02. The fraction of sp³-hybridized carbons (Fsp3) is 0.682. The third-order valence-electron chi connectivity index (χ3n) is 5.66. The maximum atomic E-state index is 11.8. The fourth-order valence-corrected chi connectivity index (χ4v) is 3.75. The van der Waals surface area contributed by atoms with Gasteiger partial charge in [0.05, 0.1) is 32.0 Å². The summed E-state index contributed by atoms with van der Waals surface area (Å²) in [5, 5.41) is 10.4. The van der Waals surface area contributed by atoms with Crippen molar-refractivity contribution in [3.63, 3.8) is 0 Å². The number of carbonyl (C=O) groups excluding carboxylic acids is 1. The molecule has 2 unspecified atom stereocenters. The predicted octanol–water partition coefficient (Wildman–Crippen LogP) is 0.804. The number of nitrogens with zero attached hydrogens (tertiary/aromatic N) is 3. The van der Waals surface area contributed by atoms with Crippen molar-refractivity contribution in [1.82, 2.24) is 9.80 Å². The Morgan fingerprint density at radius 3 is 2.29 bits per heavy atom. The van der Waals surface area contributed by atoms with Crippen LogP contribution in [0.5, 0.6) is 5.75 Å². The molecule has 3 aliphatic rings. The highest BCUT2D eigenvalue weighted by Crippen LogP contribution is 2.24. The van der Waals surface area contributed by atoms with E-state index in [9.17, 15) is 9.90 Å². The van der Waals surface area contributed by atoms with E-state index < -0.39 is 6.10 Å². The molecule has 1 aromatic rings. The molecule has 4 rings (SSSR count). The largest absolute Gasteiger partial charge is 0.491 e. The normalized spacial score (nSPS) is 23.9. The molecule has 3 aliphatic heterocycles. The molecule has 0 spiro atoms. The molecule has 3 heterocycles. The number of aliphatic hydroxyl groups is 1. The van der Waals surface area contributed by atoms with Gasteiger partial charge in [0.2, 0.25) is 0 Å². The summed E-state index contributed by atoms with van der Waals surface area (Å²) in [5.74, 6) is 0.736. The van der Waals surface area contributed by atoms with E-state index >= 15 is 0 Å². The molecule has 3 saturated heterocycles. The molecule has 1 amide bonds. The van der Waals surface area contributed by atoms with E-state index in [1.165, 1.54) is 0 Å². The van der Waals surface area contributed by atoms with Gasteiger partial charge in [-0.3, -0.25) is 4.90 Å². The van der Waals surface area contributed by atoms with Crippen molar-refractivity contribution in [3.05, 3.63) is 24.3 Å². The van der Waals surface area contributed by atoms with Crippen molar-refractivity contribution in [2.75, 3.05) is 77.1 Å². The lowest BCUT2D eigenvalue weighted by atomic mass is 10.2. The molecule has 9 heteroatoms. The molecule has 0 aliphatic carbocycles. The second-order valence-electron chi connectivity index (χ2n) is 8.26. The number of piperazine rings is 1. The highest BCUT2D eigenvalue weighted by molar-refractivity contribution is 5.67. The van der Waals surface area contributed by atoms with Gasteiger partial charge in [-0.1, -0.05) is 0 Å². The van der Waals surface area contributed by atoms with E-state index in [0.717, 1.165) is 50.8 Å². The maximum Gasteiger partial charge on any atom is 0.409 e. The number of rotatable bonds is 11. The van der Waals surface area contributed by atoms with Gasteiger partial charge in [0.25, 0.3) is 0 Å². The number of benzene rings is 1. The third kappa shape index (κ3) is 6.96. The number of amides is 1. The summed E-state index contributed by atoms with van der Waals surface area (Å²) in [6.07, 6.45) is -0.209. The highest BCUT2D eigenvalue weighted by Gasteiger charge is 2.31. The molecule has 0 saturated carbocycles. The standard InChI is InChI=1S/C22H33N3O6/c1-2-28-22(27)24-9-7-23(8-10-24)11-18(26)14-29-19-5-3-17(4-6-19)25(12-20-15-30-20)13-21-16-31-21/h3-6,18,20-21,26H,2,7-16H2,1H3/t18?,20-,21?/m1/s1. The molecule has 31 heavy (non-hydrogen) atoms. The van der Waals surface area contributed by atoms with Crippen molar-refractivity contribution in [2.45, 2.75) is 25.2 Å². The van der Waals surface area contributed by atoms with Crippen LogP contribution < -0.4 is 9.64 Å². The van der Waals surface area contributed by atoms with Crippen LogP contribution in [0.2, 0.25) is 0 Å². The van der Waals surface area contributed by atoms with Gasteiger partial charge in [-0.25, -0.2) is 4.79 Å². The molecule has 0 radical (unpaired) electrons. The topological polar surface area (TPSA) is 90.5 Å². The van der Waals surface area contributed by atoms with Gasteiger partial charge in [0.1, 0.15) is 18.5 Å². The maximum absolute atomic E-state index is 11.8. The van der Waals surface area contributed by atoms with E-state index in [1.54, 1.807) is 11.8 Å². The lowest BCUT2D eigenvalue weighted by molar-refractivity contribution is 0.0408. The smallest absolute Gasteiger partial charge is 0.409 e. The molecule has 1 N–H and O–H groups in total. The number of carbonyl (C=O) groups is 1. The van der Waals surface area contributed by atoms with Crippen LogP contribution in [0.1, 0.15) is 6.92 Å². The van der Waals surface area contributed by atoms with Gasteiger partial charge >= 0.3 is 6.09 Å². The second kappa shape index (κ2) is 10.5. The molecule has 172 valence electrons. The minimum Gasteiger partial charge on any atom is -0.491 e. The number of β-amino-alcohol motifs (C(OH)–C–C–N with tert-alkyl or cyclic N) is 1. The zero-order valence-corrected chi connectivity index (χ0v) is 18.1. The fourth-order valence-electron chi connectivity index (χ4n) is 3.75. The quantitative estimate of drug-likeness (QED) is 0.511. The molecule has 3 atom stereocenters. The lowest BCUT2D eigenvalue weighted by Crippen LogP contribution is -2.51. The van der Waals surface area contributed by atoms with Crippen LogP contribution in [0.4, 0.5) is 10.5 Å².